The van der Waals surface area contributed by atoms with E-state index in [0.29, 0.717) is 12.1 Å². The molecule has 0 fully saturated rings. The normalized spacial score (nSPS) is 14.4. The van der Waals surface area contributed by atoms with Crippen molar-refractivity contribution in [1.82, 2.24) is 15.4 Å². The van der Waals surface area contributed by atoms with E-state index in [1.165, 1.54) is 11.3 Å². The molecule has 0 aliphatic carbocycles. The maximum absolute atomic E-state index is 12.4. The fraction of sp³-hybridized carbons (Fsp3) is 0.435. The number of urea groups is 1. The number of benzene rings is 2. The first-order valence-corrected chi connectivity index (χ1v) is 12.3. The summed E-state index contributed by atoms with van der Waals surface area (Å²) < 4.78 is 27.1. The lowest BCUT2D eigenvalue weighted by molar-refractivity contribution is 0.240. The van der Waals surface area contributed by atoms with Gasteiger partial charge in [0.2, 0.25) is 10.0 Å². The Kier molecular flexibility index (Phi) is 7.56. The van der Waals surface area contributed by atoms with Crippen LogP contribution in [0.3, 0.4) is 0 Å². The molecule has 2 aromatic carbocycles. The van der Waals surface area contributed by atoms with E-state index in [0.717, 1.165) is 18.5 Å². The summed E-state index contributed by atoms with van der Waals surface area (Å²) in [7, 11) is -3.43. The van der Waals surface area contributed by atoms with Crippen molar-refractivity contribution in [3.8, 4) is 0 Å². The van der Waals surface area contributed by atoms with Crippen LogP contribution in [0, 0.1) is 0 Å². The summed E-state index contributed by atoms with van der Waals surface area (Å²) in [5.41, 5.74) is 4.05. The average Bonchev–Trinajstić information content (AvgIpc) is 3.14. The number of hydrogen-bond donors (Lipinski definition) is 3. The van der Waals surface area contributed by atoms with Crippen LogP contribution in [0.25, 0.3) is 0 Å². The fourth-order valence-electron chi connectivity index (χ4n) is 3.89. The van der Waals surface area contributed by atoms with Gasteiger partial charge in [-0.05, 0) is 49.9 Å². The Morgan fingerprint density at radius 2 is 1.68 bits per heavy atom. The number of carbonyl (C=O) groups excluding carboxylic acids is 1. The molecule has 0 aromatic heterocycles. The number of sulfonamides is 1. The Morgan fingerprint density at radius 1 is 1.00 bits per heavy atom. The number of hydrogen-bond acceptors (Lipinski definition) is 4. The van der Waals surface area contributed by atoms with Crippen LogP contribution in [0.2, 0.25) is 0 Å². The molecule has 1 aliphatic rings. The molecule has 3 N–H and O–H groups in total. The number of carbonyl (C=O) groups is 1. The van der Waals surface area contributed by atoms with Gasteiger partial charge < -0.3 is 15.5 Å². The van der Waals surface area contributed by atoms with E-state index in [-0.39, 0.29) is 30.4 Å². The molecule has 0 saturated carbocycles. The van der Waals surface area contributed by atoms with E-state index < -0.39 is 10.0 Å². The molecule has 7 nitrogen and oxygen atoms in total. The third-order valence-electron chi connectivity index (χ3n) is 5.33. The Morgan fingerprint density at radius 3 is 2.42 bits per heavy atom. The molecule has 8 heteroatoms. The zero-order valence-electron chi connectivity index (χ0n) is 18.4. The standard InChI is InChI=1S/C23H32N4O3S/c1-17(2)26-31(29,30)16-21-10-5-4-9-20(21)15-25-23(28)24-14-18(3)27-13-12-19-8-6-7-11-22(19)27/h4-11,17-18,26H,12-16H2,1-3H3,(H2,24,25,28). The number of nitrogens with one attached hydrogen (secondary N) is 3. The fourth-order valence-corrected chi connectivity index (χ4v) is 5.38. The monoisotopic (exact) mass is 444 g/mol. The summed E-state index contributed by atoms with van der Waals surface area (Å²) in [5.74, 6) is -0.115. The minimum Gasteiger partial charge on any atom is -0.366 e. The topological polar surface area (TPSA) is 90.5 Å². The zero-order chi connectivity index (χ0) is 22.4. The predicted molar refractivity (Wildman–Crippen MR) is 125 cm³/mol. The van der Waals surface area contributed by atoms with Crippen LogP contribution in [0.15, 0.2) is 48.5 Å². The van der Waals surface area contributed by atoms with Crippen LogP contribution in [0.1, 0.15) is 37.5 Å². The number of nitrogens with zero attached hydrogens (tertiary/aromatic N) is 1. The highest BCUT2D eigenvalue weighted by Crippen LogP contribution is 2.28. The second-order valence-corrected chi connectivity index (χ2v) is 10.0. The first-order chi connectivity index (χ1) is 14.7. The maximum atomic E-state index is 12.4. The molecule has 2 aromatic rings. The Labute approximate surface area is 185 Å². The van der Waals surface area contributed by atoms with Crippen LogP contribution in [0.5, 0.6) is 0 Å². The minimum atomic E-state index is -3.43. The lowest BCUT2D eigenvalue weighted by atomic mass is 10.1. The van der Waals surface area contributed by atoms with Gasteiger partial charge in [-0.25, -0.2) is 17.9 Å². The number of para-hydroxylation sites is 1. The second kappa shape index (κ2) is 10.2. The van der Waals surface area contributed by atoms with Crippen molar-refractivity contribution < 1.29 is 13.2 Å². The predicted octanol–water partition coefficient (Wildman–Crippen LogP) is 2.76. The third kappa shape index (κ3) is 6.45. The first-order valence-electron chi connectivity index (χ1n) is 10.7. The SMILES string of the molecule is CC(C)NS(=O)(=O)Cc1ccccc1CNC(=O)NCC(C)N1CCc2ccccc21. The molecule has 1 atom stereocenters. The van der Waals surface area contributed by atoms with E-state index in [4.69, 9.17) is 0 Å². The van der Waals surface area contributed by atoms with Crippen molar-refractivity contribution in [3.63, 3.8) is 0 Å². The van der Waals surface area contributed by atoms with Crippen LogP contribution < -0.4 is 20.3 Å². The van der Waals surface area contributed by atoms with Crippen LogP contribution in [-0.4, -0.2) is 39.6 Å². The number of amides is 2. The summed E-state index contributed by atoms with van der Waals surface area (Å²) in [6.45, 7) is 7.42. The molecule has 1 unspecified atom stereocenters. The van der Waals surface area contributed by atoms with Gasteiger partial charge in [-0.1, -0.05) is 42.5 Å². The van der Waals surface area contributed by atoms with Crippen molar-refractivity contribution >= 4 is 21.7 Å². The Balaban J connectivity index is 1.51. The van der Waals surface area contributed by atoms with Crippen molar-refractivity contribution in [2.45, 2.75) is 51.6 Å². The smallest absolute Gasteiger partial charge is 0.315 e. The molecule has 1 heterocycles. The van der Waals surface area contributed by atoms with Crippen molar-refractivity contribution in [3.05, 3.63) is 65.2 Å². The van der Waals surface area contributed by atoms with Gasteiger partial charge in [-0.15, -0.1) is 0 Å². The zero-order valence-corrected chi connectivity index (χ0v) is 19.2. The van der Waals surface area contributed by atoms with Gasteiger partial charge in [0.15, 0.2) is 0 Å². The van der Waals surface area contributed by atoms with Gasteiger partial charge >= 0.3 is 6.03 Å². The average molecular weight is 445 g/mol. The minimum absolute atomic E-state index is 0.115. The highest BCUT2D eigenvalue weighted by atomic mass is 32.2. The molecule has 0 bridgehead atoms. The second-order valence-electron chi connectivity index (χ2n) is 8.29. The van der Waals surface area contributed by atoms with Crippen molar-refractivity contribution in [2.75, 3.05) is 18.0 Å². The third-order valence-corrected chi connectivity index (χ3v) is 6.85. The van der Waals surface area contributed by atoms with E-state index in [1.54, 1.807) is 26.0 Å². The van der Waals surface area contributed by atoms with Crippen LogP contribution in [0.4, 0.5) is 10.5 Å². The highest BCUT2D eigenvalue weighted by Gasteiger charge is 2.23. The van der Waals surface area contributed by atoms with Gasteiger partial charge in [0.05, 0.1) is 5.75 Å². The van der Waals surface area contributed by atoms with Gasteiger partial charge in [0.1, 0.15) is 0 Å². The van der Waals surface area contributed by atoms with Gasteiger partial charge in [0.25, 0.3) is 0 Å². The molecule has 3 rings (SSSR count). The van der Waals surface area contributed by atoms with Gasteiger partial charge in [-0.3, -0.25) is 0 Å². The quantitative estimate of drug-likeness (QED) is 0.555. The maximum Gasteiger partial charge on any atom is 0.315 e. The van der Waals surface area contributed by atoms with Gasteiger partial charge in [-0.2, -0.15) is 0 Å². The molecule has 0 saturated heterocycles. The van der Waals surface area contributed by atoms with E-state index in [2.05, 4.69) is 45.4 Å². The first kappa shape index (κ1) is 23.1. The molecule has 2 amide bonds. The van der Waals surface area contributed by atoms with E-state index in [9.17, 15) is 13.2 Å². The molecule has 31 heavy (non-hydrogen) atoms. The lowest BCUT2D eigenvalue weighted by Gasteiger charge is -2.27. The van der Waals surface area contributed by atoms with Crippen molar-refractivity contribution in [1.29, 1.82) is 0 Å². The lowest BCUT2D eigenvalue weighted by Crippen LogP contribution is -2.44. The summed E-state index contributed by atoms with van der Waals surface area (Å²) >= 11 is 0. The number of rotatable bonds is 9. The van der Waals surface area contributed by atoms with E-state index >= 15 is 0 Å². The number of anilines is 1. The van der Waals surface area contributed by atoms with Crippen LogP contribution >= 0.6 is 0 Å². The highest BCUT2D eigenvalue weighted by molar-refractivity contribution is 7.88. The summed E-state index contributed by atoms with van der Waals surface area (Å²) in [5, 5.41) is 5.78. The van der Waals surface area contributed by atoms with Crippen LogP contribution in [-0.2, 0) is 28.7 Å². The molecular formula is C23H32N4O3S. The summed E-state index contributed by atoms with van der Waals surface area (Å²) in [4.78, 5) is 14.7. The molecule has 0 radical (unpaired) electrons. The number of fused-ring (bicyclic) bond motifs is 1. The Bertz CT molecular complexity index is 1010. The summed E-state index contributed by atoms with van der Waals surface area (Å²) in [6, 6.07) is 15.4. The Hall–Kier alpha value is -2.58. The van der Waals surface area contributed by atoms with E-state index in [1.807, 2.05) is 18.2 Å². The molecule has 0 spiro atoms. The van der Waals surface area contributed by atoms with Gasteiger partial charge in [0, 0.05) is 37.4 Å². The van der Waals surface area contributed by atoms with Crippen molar-refractivity contribution in [2.24, 2.45) is 0 Å². The molecule has 168 valence electrons. The molecule has 1 aliphatic heterocycles. The largest absolute Gasteiger partial charge is 0.366 e. The summed E-state index contributed by atoms with van der Waals surface area (Å²) in [6.07, 6.45) is 1.03. The molecular weight excluding hydrogens is 412 g/mol.